The quantitative estimate of drug-likeness (QED) is 0.705. The average Bonchev–Trinajstić information content (AvgIpc) is 3.14. The molecular formula is C12H22N4O2S2. The fourth-order valence-corrected chi connectivity index (χ4v) is 4.89. The number of hydrogen-bond acceptors (Lipinski definition) is 7. The van der Waals surface area contributed by atoms with Crippen LogP contribution in [0.25, 0.3) is 0 Å². The summed E-state index contributed by atoms with van der Waals surface area (Å²) in [4.78, 5) is 2.35. The molecule has 3 N–H and O–H groups in total. The Morgan fingerprint density at radius 3 is 2.70 bits per heavy atom. The predicted octanol–water partition coefficient (Wildman–Crippen LogP) is 1.42. The van der Waals surface area contributed by atoms with Crippen molar-refractivity contribution < 1.29 is 8.42 Å². The van der Waals surface area contributed by atoms with Crippen molar-refractivity contribution in [1.82, 2.24) is 9.27 Å². The minimum Gasteiger partial charge on any atom is -0.382 e. The van der Waals surface area contributed by atoms with Gasteiger partial charge in [-0.2, -0.15) is 4.37 Å². The van der Waals surface area contributed by atoms with Gasteiger partial charge in [0.15, 0.2) is 15.7 Å². The number of hydrogen-bond donors (Lipinski definition) is 2. The topological polar surface area (TPSA) is 88.3 Å². The summed E-state index contributed by atoms with van der Waals surface area (Å²) in [5.41, 5.74) is 5.74. The maximum Gasteiger partial charge on any atom is 0.187 e. The molecule has 1 aliphatic carbocycles. The van der Waals surface area contributed by atoms with Crippen LogP contribution in [-0.2, 0) is 9.84 Å². The van der Waals surface area contributed by atoms with Crippen molar-refractivity contribution in [3.05, 3.63) is 0 Å². The van der Waals surface area contributed by atoms with E-state index in [-0.39, 0.29) is 16.0 Å². The lowest BCUT2D eigenvalue weighted by Crippen LogP contribution is -2.15. The Labute approximate surface area is 124 Å². The summed E-state index contributed by atoms with van der Waals surface area (Å²) in [7, 11) is 0.791. The Hall–Kier alpha value is -0.860. The highest BCUT2D eigenvalue weighted by Gasteiger charge is 2.40. The van der Waals surface area contributed by atoms with E-state index in [9.17, 15) is 8.42 Å². The van der Waals surface area contributed by atoms with Gasteiger partial charge >= 0.3 is 0 Å². The predicted molar refractivity (Wildman–Crippen MR) is 83.0 cm³/mol. The normalized spacial score (nSPS) is 15.8. The van der Waals surface area contributed by atoms with Gasteiger partial charge in [-0.1, -0.05) is 0 Å². The van der Waals surface area contributed by atoms with Crippen molar-refractivity contribution in [2.24, 2.45) is 0 Å². The van der Waals surface area contributed by atoms with Crippen LogP contribution in [0.4, 0.5) is 10.8 Å². The molecule has 0 amide bonds. The number of sulfone groups is 1. The zero-order chi connectivity index (χ0) is 14.8. The highest BCUT2D eigenvalue weighted by Crippen LogP contribution is 2.40. The van der Waals surface area contributed by atoms with Crippen LogP contribution in [0.1, 0.15) is 25.7 Å². The van der Waals surface area contributed by atoms with E-state index in [2.05, 4.69) is 14.6 Å². The minimum atomic E-state index is -3.29. The molecule has 1 heterocycles. The van der Waals surface area contributed by atoms with Gasteiger partial charge in [0.05, 0.1) is 5.25 Å². The van der Waals surface area contributed by atoms with Crippen molar-refractivity contribution in [2.45, 2.75) is 35.8 Å². The molecule has 1 aliphatic rings. The van der Waals surface area contributed by atoms with Crippen molar-refractivity contribution in [2.75, 3.05) is 38.2 Å². The lowest BCUT2D eigenvalue weighted by Gasteiger charge is -2.10. The number of nitrogen functional groups attached to an aromatic ring is 1. The maximum absolute atomic E-state index is 12.3. The molecule has 114 valence electrons. The third-order valence-corrected chi connectivity index (χ3v) is 6.52. The molecule has 20 heavy (non-hydrogen) atoms. The molecule has 1 fully saturated rings. The molecule has 0 radical (unpaired) electrons. The SMILES string of the molecule is CN(C)CCCCNc1snc(N)c1S(=O)(=O)C1CC1. The summed E-state index contributed by atoms with van der Waals surface area (Å²) in [5.74, 6) is 0.137. The van der Waals surface area contributed by atoms with E-state index in [1.807, 2.05) is 14.1 Å². The molecule has 0 atom stereocenters. The van der Waals surface area contributed by atoms with E-state index < -0.39 is 9.84 Å². The molecule has 1 saturated carbocycles. The van der Waals surface area contributed by atoms with Crippen LogP contribution in [0.15, 0.2) is 4.90 Å². The molecule has 0 spiro atoms. The number of aromatic nitrogens is 1. The highest BCUT2D eigenvalue weighted by atomic mass is 32.2. The second-order valence-electron chi connectivity index (χ2n) is 5.41. The molecule has 0 aromatic carbocycles. The lowest BCUT2D eigenvalue weighted by atomic mass is 10.3. The second-order valence-corrected chi connectivity index (χ2v) is 8.35. The van der Waals surface area contributed by atoms with Crippen LogP contribution in [0.5, 0.6) is 0 Å². The van der Waals surface area contributed by atoms with Gasteiger partial charge in [-0.15, -0.1) is 0 Å². The fraction of sp³-hybridized carbons (Fsp3) is 0.750. The van der Waals surface area contributed by atoms with Gasteiger partial charge in [0.2, 0.25) is 0 Å². The lowest BCUT2D eigenvalue weighted by molar-refractivity contribution is 0.396. The number of rotatable bonds is 8. The van der Waals surface area contributed by atoms with E-state index in [0.717, 1.165) is 50.3 Å². The molecular weight excluding hydrogens is 296 g/mol. The third kappa shape index (κ3) is 3.62. The van der Waals surface area contributed by atoms with Gasteiger partial charge < -0.3 is 16.0 Å². The van der Waals surface area contributed by atoms with Crippen LogP contribution >= 0.6 is 11.5 Å². The van der Waals surface area contributed by atoms with Crippen molar-refractivity contribution in [1.29, 1.82) is 0 Å². The zero-order valence-electron chi connectivity index (χ0n) is 11.9. The first-order chi connectivity index (χ1) is 9.43. The first-order valence-electron chi connectivity index (χ1n) is 6.80. The van der Waals surface area contributed by atoms with Crippen LogP contribution in [0, 0.1) is 0 Å². The number of nitrogens with one attached hydrogen (secondary N) is 1. The molecule has 1 aromatic rings. The molecule has 8 heteroatoms. The highest BCUT2D eigenvalue weighted by molar-refractivity contribution is 7.92. The van der Waals surface area contributed by atoms with E-state index in [0.29, 0.717) is 5.00 Å². The zero-order valence-corrected chi connectivity index (χ0v) is 13.6. The van der Waals surface area contributed by atoms with E-state index in [4.69, 9.17) is 5.73 Å². The first kappa shape index (κ1) is 15.5. The molecule has 0 aliphatic heterocycles. The van der Waals surface area contributed by atoms with Crippen LogP contribution in [-0.4, -0.2) is 50.1 Å². The Balaban J connectivity index is 1.96. The van der Waals surface area contributed by atoms with Crippen molar-refractivity contribution in [3.8, 4) is 0 Å². The number of nitrogens with two attached hydrogens (primary N) is 1. The molecule has 0 unspecified atom stereocenters. The summed E-state index contributed by atoms with van der Waals surface area (Å²) < 4.78 is 28.6. The Kier molecular flexibility index (Phi) is 4.87. The Bertz CT molecular complexity index is 550. The maximum atomic E-state index is 12.3. The first-order valence-corrected chi connectivity index (χ1v) is 9.12. The summed E-state index contributed by atoms with van der Waals surface area (Å²) in [6, 6.07) is 0. The average molecular weight is 318 g/mol. The minimum absolute atomic E-state index is 0.137. The number of unbranched alkanes of at least 4 members (excludes halogenated alkanes) is 1. The fourth-order valence-electron chi connectivity index (χ4n) is 1.98. The molecule has 0 bridgehead atoms. The summed E-state index contributed by atoms with van der Waals surface area (Å²) in [6.07, 6.45) is 3.53. The van der Waals surface area contributed by atoms with Crippen LogP contribution in [0.2, 0.25) is 0 Å². The van der Waals surface area contributed by atoms with Gasteiger partial charge in [0, 0.05) is 6.54 Å². The van der Waals surface area contributed by atoms with E-state index in [1.54, 1.807) is 0 Å². The summed E-state index contributed by atoms with van der Waals surface area (Å²) >= 11 is 1.14. The monoisotopic (exact) mass is 318 g/mol. The second kappa shape index (κ2) is 6.28. The number of nitrogens with zero attached hydrogens (tertiary/aromatic N) is 2. The summed E-state index contributed by atoms with van der Waals surface area (Å²) in [6.45, 7) is 1.77. The molecule has 0 saturated heterocycles. The van der Waals surface area contributed by atoms with E-state index >= 15 is 0 Å². The van der Waals surface area contributed by atoms with Gasteiger partial charge in [-0.3, -0.25) is 0 Å². The van der Waals surface area contributed by atoms with Crippen LogP contribution < -0.4 is 11.1 Å². The molecule has 1 aromatic heterocycles. The number of anilines is 2. The Morgan fingerprint density at radius 2 is 2.10 bits per heavy atom. The third-order valence-electron chi connectivity index (χ3n) is 3.24. The van der Waals surface area contributed by atoms with Gasteiger partial charge in [0.1, 0.15) is 9.90 Å². The molecule has 6 nitrogen and oxygen atoms in total. The van der Waals surface area contributed by atoms with Crippen LogP contribution in [0.3, 0.4) is 0 Å². The summed E-state index contributed by atoms with van der Waals surface area (Å²) in [5, 5.41) is 3.52. The van der Waals surface area contributed by atoms with Gasteiger partial charge in [0.25, 0.3) is 0 Å². The van der Waals surface area contributed by atoms with Crippen molar-refractivity contribution >= 4 is 32.2 Å². The Morgan fingerprint density at radius 1 is 1.40 bits per heavy atom. The van der Waals surface area contributed by atoms with Gasteiger partial charge in [-0.05, 0) is 57.9 Å². The molecule has 2 rings (SSSR count). The smallest absolute Gasteiger partial charge is 0.187 e. The standard InChI is InChI=1S/C12H22N4O2S2/c1-16(2)8-4-3-7-14-12-10(11(13)15-19-12)20(17,18)9-5-6-9/h9,14H,3-8H2,1-2H3,(H2,13,15). The van der Waals surface area contributed by atoms with E-state index in [1.165, 1.54) is 0 Å². The largest absolute Gasteiger partial charge is 0.382 e. The van der Waals surface area contributed by atoms with Gasteiger partial charge in [-0.25, -0.2) is 8.42 Å². The van der Waals surface area contributed by atoms with Crippen molar-refractivity contribution in [3.63, 3.8) is 0 Å².